The summed E-state index contributed by atoms with van der Waals surface area (Å²) in [5.41, 5.74) is 1.28. The van der Waals surface area contributed by atoms with Crippen molar-refractivity contribution in [3.63, 3.8) is 0 Å². The topological polar surface area (TPSA) is 0 Å². The minimum Gasteiger partial charge on any atom is -0.143 e. The molecular formula is C8H10S2. The van der Waals surface area contributed by atoms with E-state index in [0.29, 0.717) is 0 Å². The highest BCUT2D eigenvalue weighted by Crippen LogP contribution is 2.18. The Morgan fingerprint density at radius 2 is 2.00 bits per heavy atom. The van der Waals surface area contributed by atoms with E-state index < -0.39 is 0 Å². The van der Waals surface area contributed by atoms with Crippen molar-refractivity contribution < 1.29 is 0 Å². The van der Waals surface area contributed by atoms with Crippen LogP contribution in [0.3, 0.4) is 0 Å². The molecule has 0 saturated heterocycles. The van der Waals surface area contributed by atoms with Gasteiger partial charge in [0.25, 0.3) is 0 Å². The maximum absolute atomic E-state index is 4.30. The lowest BCUT2D eigenvalue weighted by Crippen LogP contribution is -1.81. The Morgan fingerprint density at radius 3 is 2.50 bits per heavy atom. The van der Waals surface area contributed by atoms with Crippen molar-refractivity contribution in [2.75, 3.05) is 0 Å². The fraction of sp³-hybridized carbons (Fsp3) is 0.250. The van der Waals surface area contributed by atoms with E-state index in [1.54, 1.807) is 0 Å². The van der Waals surface area contributed by atoms with E-state index in [9.17, 15) is 0 Å². The summed E-state index contributed by atoms with van der Waals surface area (Å²) in [5.74, 6) is 0. The molecule has 0 heterocycles. The Labute approximate surface area is 72.5 Å². The van der Waals surface area contributed by atoms with E-state index in [-0.39, 0.29) is 0 Å². The van der Waals surface area contributed by atoms with Crippen LogP contribution < -0.4 is 0 Å². The summed E-state index contributed by atoms with van der Waals surface area (Å²) < 4.78 is 0. The summed E-state index contributed by atoms with van der Waals surface area (Å²) >= 11 is 8.49. The van der Waals surface area contributed by atoms with E-state index in [2.05, 4.69) is 38.2 Å². The molecule has 0 fully saturated rings. The fourth-order valence-electron chi connectivity index (χ4n) is 0.851. The summed E-state index contributed by atoms with van der Waals surface area (Å²) in [6, 6.07) is 6.01. The third-order valence-electron chi connectivity index (χ3n) is 1.45. The van der Waals surface area contributed by atoms with Crippen LogP contribution in [0, 0.1) is 0 Å². The summed E-state index contributed by atoms with van der Waals surface area (Å²) in [6.45, 7) is 2.12. The number of hydrogen-bond donors (Lipinski definition) is 2. The molecule has 0 aliphatic heterocycles. The van der Waals surface area contributed by atoms with Crippen molar-refractivity contribution in [2.24, 2.45) is 0 Å². The first kappa shape index (κ1) is 8.02. The molecule has 0 aromatic heterocycles. The lowest BCUT2D eigenvalue weighted by Gasteiger charge is -2.00. The van der Waals surface area contributed by atoms with Gasteiger partial charge in [0, 0.05) is 9.79 Å². The van der Waals surface area contributed by atoms with Crippen LogP contribution in [-0.4, -0.2) is 0 Å². The van der Waals surface area contributed by atoms with Crippen LogP contribution in [0.15, 0.2) is 28.0 Å². The maximum atomic E-state index is 4.30. The molecule has 0 aliphatic rings. The third kappa shape index (κ3) is 1.70. The van der Waals surface area contributed by atoms with Crippen LogP contribution in [0.1, 0.15) is 12.5 Å². The van der Waals surface area contributed by atoms with E-state index >= 15 is 0 Å². The van der Waals surface area contributed by atoms with Gasteiger partial charge in [0.2, 0.25) is 0 Å². The van der Waals surface area contributed by atoms with Crippen LogP contribution in [0.4, 0.5) is 0 Å². The van der Waals surface area contributed by atoms with Gasteiger partial charge >= 0.3 is 0 Å². The van der Waals surface area contributed by atoms with Crippen molar-refractivity contribution in [1.82, 2.24) is 0 Å². The Balaban J connectivity index is 3.07. The number of rotatable bonds is 1. The lowest BCUT2D eigenvalue weighted by atomic mass is 10.2. The first-order chi connectivity index (χ1) is 4.74. The van der Waals surface area contributed by atoms with Gasteiger partial charge in [0.1, 0.15) is 0 Å². The molecule has 0 bridgehead atoms. The molecule has 0 amide bonds. The number of thiol groups is 2. The van der Waals surface area contributed by atoms with Crippen molar-refractivity contribution in [2.45, 2.75) is 23.1 Å². The van der Waals surface area contributed by atoms with Crippen LogP contribution in [0.5, 0.6) is 0 Å². The monoisotopic (exact) mass is 170 g/mol. The Morgan fingerprint density at radius 1 is 1.30 bits per heavy atom. The second-order valence-corrected chi connectivity index (χ2v) is 3.16. The van der Waals surface area contributed by atoms with Crippen LogP contribution in [-0.2, 0) is 6.42 Å². The molecule has 0 unspecified atom stereocenters. The summed E-state index contributed by atoms with van der Waals surface area (Å²) in [5, 5.41) is 0. The summed E-state index contributed by atoms with van der Waals surface area (Å²) in [7, 11) is 0. The number of aryl methyl sites for hydroxylation is 1. The quantitative estimate of drug-likeness (QED) is 0.595. The zero-order valence-corrected chi connectivity index (χ0v) is 7.62. The predicted octanol–water partition coefficient (Wildman–Crippen LogP) is 2.83. The maximum Gasteiger partial charge on any atom is 0.00829 e. The Hall–Kier alpha value is -0.0800. The summed E-state index contributed by atoms with van der Waals surface area (Å²) in [4.78, 5) is 2.01. The van der Waals surface area contributed by atoms with Gasteiger partial charge in [-0.3, -0.25) is 0 Å². The van der Waals surface area contributed by atoms with Gasteiger partial charge in [0.15, 0.2) is 0 Å². The van der Waals surface area contributed by atoms with Gasteiger partial charge in [0.05, 0.1) is 0 Å². The lowest BCUT2D eigenvalue weighted by molar-refractivity contribution is 1.07. The zero-order valence-electron chi connectivity index (χ0n) is 5.83. The van der Waals surface area contributed by atoms with Gasteiger partial charge in [-0.15, -0.1) is 25.3 Å². The average molecular weight is 170 g/mol. The van der Waals surface area contributed by atoms with Crippen molar-refractivity contribution in [1.29, 1.82) is 0 Å². The minimum absolute atomic E-state index is 0.974. The molecule has 0 spiro atoms. The molecule has 1 rings (SSSR count). The van der Waals surface area contributed by atoms with Crippen molar-refractivity contribution in [3.8, 4) is 0 Å². The molecule has 0 nitrogen and oxygen atoms in total. The molecule has 10 heavy (non-hydrogen) atoms. The molecule has 0 aliphatic carbocycles. The van der Waals surface area contributed by atoms with Crippen molar-refractivity contribution in [3.05, 3.63) is 23.8 Å². The molecule has 0 saturated carbocycles. The van der Waals surface area contributed by atoms with E-state index in [4.69, 9.17) is 0 Å². The molecule has 0 atom stereocenters. The van der Waals surface area contributed by atoms with E-state index in [0.717, 1.165) is 16.2 Å². The minimum atomic E-state index is 0.974. The highest BCUT2D eigenvalue weighted by Gasteiger charge is 1.94. The smallest absolute Gasteiger partial charge is 0.00829 e. The second kappa shape index (κ2) is 3.35. The van der Waals surface area contributed by atoms with E-state index in [1.807, 2.05) is 12.1 Å². The zero-order chi connectivity index (χ0) is 7.56. The first-order valence-electron chi connectivity index (χ1n) is 3.25. The largest absolute Gasteiger partial charge is 0.143 e. The van der Waals surface area contributed by atoms with Gasteiger partial charge in [-0.1, -0.05) is 13.0 Å². The SMILES string of the molecule is CCc1ccc(S)cc1S. The normalized spacial score (nSPS) is 9.90. The Bertz CT molecular complexity index is 231. The number of hydrogen-bond acceptors (Lipinski definition) is 2. The molecular weight excluding hydrogens is 160 g/mol. The second-order valence-electron chi connectivity index (χ2n) is 2.17. The van der Waals surface area contributed by atoms with Crippen molar-refractivity contribution >= 4 is 25.3 Å². The highest BCUT2D eigenvalue weighted by molar-refractivity contribution is 7.81. The molecule has 2 heteroatoms. The van der Waals surface area contributed by atoms with Gasteiger partial charge in [-0.25, -0.2) is 0 Å². The molecule has 0 N–H and O–H groups in total. The van der Waals surface area contributed by atoms with Gasteiger partial charge in [-0.2, -0.15) is 0 Å². The molecule has 1 aromatic carbocycles. The van der Waals surface area contributed by atoms with Gasteiger partial charge in [-0.05, 0) is 24.1 Å². The Kier molecular flexibility index (Phi) is 2.69. The molecule has 0 radical (unpaired) electrons. The number of benzene rings is 1. The standard InChI is InChI=1S/C8H10S2/c1-2-6-3-4-7(9)5-8(6)10/h3-5,9-10H,2H2,1H3. The van der Waals surface area contributed by atoms with Crippen LogP contribution in [0.2, 0.25) is 0 Å². The third-order valence-corrected chi connectivity index (χ3v) is 2.14. The highest BCUT2D eigenvalue weighted by atomic mass is 32.1. The van der Waals surface area contributed by atoms with E-state index in [1.165, 1.54) is 5.56 Å². The summed E-state index contributed by atoms with van der Waals surface area (Å²) in [6.07, 6.45) is 1.03. The average Bonchev–Trinajstić information content (AvgIpc) is 1.88. The molecule has 54 valence electrons. The van der Waals surface area contributed by atoms with Crippen LogP contribution in [0.25, 0.3) is 0 Å². The fourth-order valence-corrected chi connectivity index (χ4v) is 1.53. The first-order valence-corrected chi connectivity index (χ1v) is 4.14. The predicted molar refractivity (Wildman–Crippen MR) is 50.3 cm³/mol. The molecule has 1 aromatic rings. The van der Waals surface area contributed by atoms with Gasteiger partial charge < -0.3 is 0 Å². The van der Waals surface area contributed by atoms with Crippen LogP contribution >= 0.6 is 25.3 Å².